The van der Waals surface area contributed by atoms with Crippen molar-refractivity contribution < 1.29 is 33.4 Å². The largest absolute Gasteiger partial charge is 0.376 e. The third-order valence-electron chi connectivity index (χ3n) is 8.45. The second kappa shape index (κ2) is 13.6. The standard InChI is InChI=1S/C28H48N6O7/c1-17-21(30)26(38)34-13-7-9-20(34)25(37)33-12-6-8-19(33)24(36)32-22(23(31)35)18(2)39-14-11-28(5,16-29)40-15-10-27(3,4)41-17/h16-22,29H,6-15,30H2,1-5H3,(H2,31,35)(H,32,36). The maximum Gasteiger partial charge on any atom is 0.246 e. The maximum atomic E-state index is 13.7. The first kappa shape index (κ1) is 32.9. The first-order chi connectivity index (χ1) is 19.2. The number of nitrogens with one attached hydrogen (secondary N) is 2. The number of ether oxygens (including phenoxy) is 3. The van der Waals surface area contributed by atoms with Crippen molar-refractivity contribution >= 4 is 29.8 Å². The normalized spacial score (nSPS) is 36.6. The molecule has 0 spiro atoms. The SMILES string of the molecule is CC1OC(C)(C)CCOC(C)(C=N)CCOC(C)C(C(N)=O)NC(=O)C2CCCN2C(=O)C2CCCN2C(=O)C1N. The average Bonchev–Trinajstić information content (AvgIpc) is 3.59. The zero-order valence-electron chi connectivity index (χ0n) is 25.0. The van der Waals surface area contributed by atoms with Crippen LogP contribution in [-0.4, -0.2) is 114 Å². The fraction of sp³-hybridized carbons (Fsp3) is 0.821. The molecule has 232 valence electrons. The molecule has 13 nitrogen and oxygen atoms in total. The lowest BCUT2D eigenvalue weighted by Crippen LogP contribution is -2.59. The van der Waals surface area contributed by atoms with Gasteiger partial charge in [-0.05, 0) is 66.7 Å². The Morgan fingerprint density at radius 2 is 1.59 bits per heavy atom. The molecule has 6 N–H and O–H groups in total. The molecule has 7 unspecified atom stereocenters. The zero-order valence-corrected chi connectivity index (χ0v) is 25.0. The number of primary amides is 1. The van der Waals surface area contributed by atoms with Crippen LogP contribution in [0.2, 0.25) is 0 Å². The van der Waals surface area contributed by atoms with E-state index in [0.29, 0.717) is 51.6 Å². The first-order valence-electron chi connectivity index (χ1n) is 14.6. The van der Waals surface area contributed by atoms with Crippen LogP contribution >= 0.6 is 0 Å². The molecule has 3 rings (SSSR count). The molecule has 0 bridgehead atoms. The van der Waals surface area contributed by atoms with Crippen LogP contribution in [-0.2, 0) is 33.4 Å². The Bertz CT molecular complexity index is 993. The molecule has 0 aromatic carbocycles. The van der Waals surface area contributed by atoms with Crippen molar-refractivity contribution in [2.24, 2.45) is 11.5 Å². The lowest BCUT2D eigenvalue weighted by molar-refractivity contribution is -0.151. The number of fused-ring (bicyclic) bond motifs is 2. The van der Waals surface area contributed by atoms with Crippen LogP contribution in [0.5, 0.6) is 0 Å². The Morgan fingerprint density at radius 1 is 0.976 bits per heavy atom. The number of nitrogens with zero attached hydrogens (tertiary/aromatic N) is 2. The van der Waals surface area contributed by atoms with E-state index in [1.807, 2.05) is 13.8 Å². The summed E-state index contributed by atoms with van der Waals surface area (Å²) in [7, 11) is 0. The number of rotatable bonds is 2. The maximum absolute atomic E-state index is 13.7. The molecule has 3 heterocycles. The van der Waals surface area contributed by atoms with Gasteiger partial charge in [0.25, 0.3) is 0 Å². The summed E-state index contributed by atoms with van der Waals surface area (Å²) in [5, 5.41) is 10.6. The summed E-state index contributed by atoms with van der Waals surface area (Å²) >= 11 is 0. The van der Waals surface area contributed by atoms with E-state index in [-0.39, 0.29) is 25.0 Å². The molecule has 0 aliphatic carbocycles. The predicted octanol–water partition coefficient (Wildman–Crippen LogP) is 0.0733. The second-order valence-electron chi connectivity index (χ2n) is 12.3. The van der Waals surface area contributed by atoms with Crippen molar-refractivity contribution in [1.29, 1.82) is 5.41 Å². The van der Waals surface area contributed by atoms with E-state index in [0.717, 1.165) is 0 Å². The van der Waals surface area contributed by atoms with Crippen LogP contribution in [0, 0.1) is 5.41 Å². The summed E-state index contributed by atoms with van der Waals surface area (Å²) in [6.45, 7) is 10.1. The van der Waals surface area contributed by atoms with E-state index in [1.54, 1.807) is 20.8 Å². The van der Waals surface area contributed by atoms with Gasteiger partial charge in [-0.15, -0.1) is 0 Å². The fourth-order valence-corrected chi connectivity index (χ4v) is 5.74. The summed E-state index contributed by atoms with van der Waals surface area (Å²) in [5.41, 5.74) is 10.4. The van der Waals surface area contributed by atoms with Crippen molar-refractivity contribution in [1.82, 2.24) is 15.1 Å². The average molecular weight is 581 g/mol. The molecule has 3 fully saturated rings. The quantitative estimate of drug-likeness (QED) is 0.330. The smallest absolute Gasteiger partial charge is 0.246 e. The van der Waals surface area contributed by atoms with Crippen LogP contribution in [0.3, 0.4) is 0 Å². The van der Waals surface area contributed by atoms with Gasteiger partial charge in [0.2, 0.25) is 23.6 Å². The summed E-state index contributed by atoms with van der Waals surface area (Å²) in [5.74, 6) is -1.93. The van der Waals surface area contributed by atoms with Crippen molar-refractivity contribution in [2.45, 2.75) is 121 Å². The summed E-state index contributed by atoms with van der Waals surface area (Å²) in [6.07, 6.45) is 2.74. The van der Waals surface area contributed by atoms with Gasteiger partial charge in [0, 0.05) is 25.7 Å². The van der Waals surface area contributed by atoms with Crippen molar-refractivity contribution in [3.05, 3.63) is 0 Å². The Balaban J connectivity index is 1.88. The van der Waals surface area contributed by atoms with Gasteiger partial charge in [-0.25, -0.2) is 0 Å². The highest BCUT2D eigenvalue weighted by atomic mass is 16.5. The number of nitrogens with two attached hydrogens (primary N) is 2. The van der Waals surface area contributed by atoms with Crippen LogP contribution in [0.25, 0.3) is 0 Å². The lowest BCUT2D eigenvalue weighted by atomic mass is 10.0. The molecule has 0 saturated carbocycles. The lowest BCUT2D eigenvalue weighted by Gasteiger charge is -2.35. The Hall–Kier alpha value is -2.61. The second-order valence-corrected chi connectivity index (χ2v) is 12.3. The monoisotopic (exact) mass is 580 g/mol. The van der Waals surface area contributed by atoms with E-state index in [1.165, 1.54) is 16.0 Å². The fourth-order valence-electron chi connectivity index (χ4n) is 5.74. The minimum atomic E-state index is -1.12. The molecule has 0 aromatic rings. The molecule has 13 heteroatoms. The number of carbonyl (C=O) groups is 4. The van der Waals surface area contributed by atoms with E-state index in [2.05, 4.69) is 5.32 Å². The van der Waals surface area contributed by atoms with Gasteiger partial charge in [0.15, 0.2) is 0 Å². The molecule has 3 saturated heterocycles. The molecular formula is C28H48N6O7. The summed E-state index contributed by atoms with van der Waals surface area (Å²) in [4.78, 5) is 55.9. The molecule has 7 atom stereocenters. The van der Waals surface area contributed by atoms with E-state index in [9.17, 15) is 19.2 Å². The van der Waals surface area contributed by atoms with E-state index >= 15 is 0 Å². The highest BCUT2D eigenvalue weighted by molar-refractivity contribution is 5.95. The highest BCUT2D eigenvalue weighted by Crippen LogP contribution is 2.27. The van der Waals surface area contributed by atoms with Gasteiger partial charge in [-0.2, -0.15) is 0 Å². The molecular weight excluding hydrogens is 532 g/mol. The van der Waals surface area contributed by atoms with Crippen LogP contribution < -0.4 is 16.8 Å². The topological polar surface area (TPSA) is 190 Å². The molecule has 3 aliphatic heterocycles. The van der Waals surface area contributed by atoms with Crippen LogP contribution in [0.1, 0.15) is 73.1 Å². The minimum Gasteiger partial charge on any atom is -0.376 e. The number of carbonyl (C=O) groups excluding carboxylic acids is 4. The van der Waals surface area contributed by atoms with Crippen molar-refractivity contribution in [3.8, 4) is 0 Å². The van der Waals surface area contributed by atoms with Crippen molar-refractivity contribution in [3.63, 3.8) is 0 Å². The number of amides is 4. The summed E-state index contributed by atoms with van der Waals surface area (Å²) in [6, 6.07) is -3.63. The van der Waals surface area contributed by atoms with E-state index < -0.39 is 59.4 Å². The Kier molecular flexibility index (Phi) is 10.9. The number of hydrogen-bond acceptors (Lipinski definition) is 9. The van der Waals surface area contributed by atoms with Crippen LogP contribution in [0.4, 0.5) is 0 Å². The molecule has 41 heavy (non-hydrogen) atoms. The number of hydrogen-bond donors (Lipinski definition) is 4. The first-order valence-corrected chi connectivity index (χ1v) is 14.6. The van der Waals surface area contributed by atoms with E-state index in [4.69, 9.17) is 31.1 Å². The molecule has 0 radical (unpaired) electrons. The summed E-state index contributed by atoms with van der Waals surface area (Å²) < 4.78 is 18.1. The zero-order chi connectivity index (χ0) is 30.5. The van der Waals surface area contributed by atoms with Crippen LogP contribution in [0.15, 0.2) is 0 Å². The van der Waals surface area contributed by atoms with Gasteiger partial charge in [-0.1, -0.05) is 0 Å². The van der Waals surface area contributed by atoms with Gasteiger partial charge in [0.05, 0.1) is 31.0 Å². The van der Waals surface area contributed by atoms with Gasteiger partial charge >= 0.3 is 0 Å². The Morgan fingerprint density at radius 3 is 2.20 bits per heavy atom. The Labute approximate surface area is 242 Å². The third-order valence-corrected chi connectivity index (χ3v) is 8.45. The minimum absolute atomic E-state index is 0.145. The van der Waals surface area contributed by atoms with Gasteiger partial charge in [0.1, 0.15) is 29.8 Å². The third kappa shape index (κ3) is 8.02. The van der Waals surface area contributed by atoms with Gasteiger partial charge in [-0.3, -0.25) is 19.2 Å². The highest BCUT2D eigenvalue weighted by Gasteiger charge is 2.44. The predicted molar refractivity (Wildman–Crippen MR) is 151 cm³/mol. The molecule has 0 aromatic heterocycles. The van der Waals surface area contributed by atoms with Crippen molar-refractivity contribution in [2.75, 3.05) is 26.3 Å². The van der Waals surface area contributed by atoms with Gasteiger partial charge < -0.3 is 46.2 Å². The molecule has 4 amide bonds. The molecule has 3 aliphatic rings.